The number of likely N-dealkylation sites (tertiary alicyclic amines) is 1. The lowest BCUT2D eigenvalue weighted by Crippen LogP contribution is -2.46. The second-order valence-corrected chi connectivity index (χ2v) is 4.57. The van der Waals surface area contributed by atoms with Crippen LogP contribution in [-0.2, 0) is 7.05 Å². The van der Waals surface area contributed by atoms with Gasteiger partial charge in [-0.3, -0.25) is 4.79 Å². The minimum Gasteiger partial charge on any atom is -0.344 e. The number of hydrogen-bond acceptors (Lipinski definition) is 2. The van der Waals surface area contributed by atoms with Gasteiger partial charge >= 0.3 is 0 Å². The van der Waals surface area contributed by atoms with E-state index in [1.54, 1.807) is 0 Å². The van der Waals surface area contributed by atoms with E-state index in [-0.39, 0.29) is 11.9 Å². The molecule has 0 aromatic carbocycles. The highest BCUT2D eigenvalue weighted by atomic mass is 16.2. The minimum atomic E-state index is 0.103. The Morgan fingerprint density at radius 3 is 2.81 bits per heavy atom. The van der Waals surface area contributed by atoms with Crippen molar-refractivity contribution in [2.75, 3.05) is 13.1 Å². The predicted octanol–water partition coefficient (Wildman–Crippen LogP) is 0.897. The summed E-state index contributed by atoms with van der Waals surface area (Å²) in [7, 11) is 1.92. The highest BCUT2D eigenvalue weighted by Gasteiger charge is 2.23. The number of hydrogen-bond donors (Lipinski definition) is 1. The van der Waals surface area contributed by atoms with Crippen molar-refractivity contribution in [1.29, 1.82) is 0 Å². The quantitative estimate of drug-likeness (QED) is 0.766. The second kappa shape index (κ2) is 4.29. The average Bonchev–Trinajstić information content (AvgIpc) is 2.59. The van der Waals surface area contributed by atoms with Crippen molar-refractivity contribution in [2.24, 2.45) is 12.8 Å². The molecule has 0 saturated carbocycles. The molecule has 0 aliphatic carbocycles. The zero-order chi connectivity index (χ0) is 11.7. The molecule has 0 bridgehead atoms. The first-order valence-electron chi connectivity index (χ1n) is 5.77. The van der Waals surface area contributed by atoms with Gasteiger partial charge in [-0.2, -0.15) is 0 Å². The van der Waals surface area contributed by atoms with Crippen LogP contribution in [0.3, 0.4) is 0 Å². The monoisotopic (exact) mass is 221 g/mol. The number of rotatable bonds is 1. The number of amides is 1. The normalized spacial score (nSPS) is 21.2. The van der Waals surface area contributed by atoms with Crippen molar-refractivity contribution in [3.63, 3.8) is 0 Å². The van der Waals surface area contributed by atoms with Crippen LogP contribution in [0.2, 0.25) is 0 Å². The summed E-state index contributed by atoms with van der Waals surface area (Å²) >= 11 is 0. The molecule has 88 valence electrons. The van der Waals surface area contributed by atoms with Gasteiger partial charge in [-0.05, 0) is 31.9 Å². The van der Waals surface area contributed by atoms with Crippen molar-refractivity contribution >= 4 is 5.91 Å². The summed E-state index contributed by atoms with van der Waals surface area (Å²) in [6.45, 7) is 3.51. The zero-order valence-electron chi connectivity index (χ0n) is 9.94. The third-order valence-electron chi connectivity index (χ3n) is 3.34. The molecule has 1 unspecified atom stereocenters. The van der Waals surface area contributed by atoms with E-state index in [0.29, 0.717) is 6.54 Å². The fraction of sp³-hybridized carbons (Fsp3) is 0.583. The molecule has 1 aromatic rings. The SMILES string of the molecule is Cc1ccc(C(=O)N2CCCC(N)C2)n1C. The summed E-state index contributed by atoms with van der Waals surface area (Å²) < 4.78 is 1.93. The van der Waals surface area contributed by atoms with E-state index in [2.05, 4.69) is 0 Å². The van der Waals surface area contributed by atoms with Crippen molar-refractivity contribution in [3.05, 3.63) is 23.5 Å². The van der Waals surface area contributed by atoms with Gasteiger partial charge in [0.05, 0.1) is 0 Å². The highest BCUT2D eigenvalue weighted by molar-refractivity contribution is 5.93. The molecule has 4 heteroatoms. The van der Waals surface area contributed by atoms with Crippen molar-refractivity contribution in [3.8, 4) is 0 Å². The van der Waals surface area contributed by atoms with Gasteiger partial charge in [0.1, 0.15) is 5.69 Å². The van der Waals surface area contributed by atoms with E-state index in [4.69, 9.17) is 5.73 Å². The molecule has 1 atom stereocenters. The summed E-state index contributed by atoms with van der Waals surface area (Å²) in [5, 5.41) is 0. The molecule has 1 fully saturated rings. The standard InChI is InChI=1S/C12H19N3O/c1-9-5-6-11(14(9)2)12(16)15-7-3-4-10(13)8-15/h5-6,10H,3-4,7-8,13H2,1-2H3. The molecule has 2 N–H and O–H groups in total. The molecule has 1 saturated heterocycles. The molecule has 1 aliphatic rings. The van der Waals surface area contributed by atoms with Gasteiger partial charge in [0, 0.05) is 31.9 Å². The van der Waals surface area contributed by atoms with Gasteiger partial charge in [-0.25, -0.2) is 0 Å². The smallest absolute Gasteiger partial charge is 0.270 e. The number of aromatic nitrogens is 1. The van der Waals surface area contributed by atoms with Crippen LogP contribution in [0.5, 0.6) is 0 Å². The molecule has 2 heterocycles. The maximum absolute atomic E-state index is 12.2. The Kier molecular flexibility index (Phi) is 3.01. The van der Waals surface area contributed by atoms with Crippen molar-refractivity contribution < 1.29 is 4.79 Å². The van der Waals surface area contributed by atoms with Crippen LogP contribution in [0.4, 0.5) is 0 Å². The van der Waals surface area contributed by atoms with Gasteiger partial charge in [0.2, 0.25) is 0 Å². The van der Waals surface area contributed by atoms with E-state index < -0.39 is 0 Å². The van der Waals surface area contributed by atoms with E-state index in [1.165, 1.54) is 0 Å². The first kappa shape index (κ1) is 11.2. The molecule has 1 amide bonds. The highest BCUT2D eigenvalue weighted by Crippen LogP contribution is 2.14. The first-order chi connectivity index (χ1) is 7.59. The van der Waals surface area contributed by atoms with Crippen molar-refractivity contribution in [2.45, 2.75) is 25.8 Å². The lowest BCUT2D eigenvalue weighted by atomic mass is 10.1. The Morgan fingerprint density at radius 1 is 1.50 bits per heavy atom. The topological polar surface area (TPSA) is 51.3 Å². The molecule has 2 rings (SSSR count). The van der Waals surface area contributed by atoms with Gasteiger partial charge in [-0.1, -0.05) is 0 Å². The van der Waals surface area contributed by atoms with Crippen LogP contribution in [0.15, 0.2) is 12.1 Å². The summed E-state index contributed by atoms with van der Waals surface area (Å²) in [5.41, 5.74) is 7.74. The number of nitrogens with two attached hydrogens (primary N) is 1. The lowest BCUT2D eigenvalue weighted by molar-refractivity contribution is 0.0699. The summed E-state index contributed by atoms with van der Waals surface area (Å²) in [5.74, 6) is 0.103. The van der Waals surface area contributed by atoms with Crippen molar-refractivity contribution in [1.82, 2.24) is 9.47 Å². The van der Waals surface area contributed by atoms with Gasteiger partial charge in [0.15, 0.2) is 0 Å². The summed E-state index contributed by atoms with van der Waals surface area (Å²) in [4.78, 5) is 14.1. The van der Waals surface area contributed by atoms with Crippen LogP contribution in [0.25, 0.3) is 0 Å². The number of piperidine rings is 1. The predicted molar refractivity (Wildman–Crippen MR) is 63.3 cm³/mol. The molecular formula is C12H19N3O. The molecule has 0 radical (unpaired) electrons. The fourth-order valence-corrected chi connectivity index (χ4v) is 2.18. The fourth-order valence-electron chi connectivity index (χ4n) is 2.18. The van der Waals surface area contributed by atoms with Crippen LogP contribution in [0.1, 0.15) is 29.0 Å². The minimum absolute atomic E-state index is 0.103. The van der Waals surface area contributed by atoms with E-state index >= 15 is 0 Å². The maximum Gasteiger partial charge on any atom is 0.270 e. The number of aryl methyl sites for hydroxylation is 1. The number of nitrogens with zero attached hydrogens (tertiary/aromatic N) is 2. The Hall–Kier alpha value is -1.29. The van der Waals surface area contributed by atoms with E-state index in [0.717, 1.165) is 30.8 Å². The Morgan fingerprint density at radius 2 is 2.25 bits per heavy atom. The average molecular weight is 221 g/mol. The van der Waals surface area contributed by atoms with E-state index in [9.17, 15) is 4.79 Å². The van der Waals surface area contributed by atoms with Crippen LogP contribution >= 0.6 is 0 Å². The summed E-state index contributed by atoms with van der Waals surface area (Å²) in [6, 6.07) is 3.99. The van der Waals surface area contributed by atoms with Gasteiger partial charge in [-0.15, -0.1) is 0 Å². The first-order valence-corrected chi connectivity index (χ1v) is 5.77. The van der Waals surface area contributed by atoms with Crippen LogP contribution in [0, 0.1) is 6.92 Å². The third-order valence-corrected chi connectivity index (χ3v) is 3.34. The molecular weight excluding hydrogens is 202 g/mol. The molecule has 1 aromatic heterocycles. The summed E-state index contributed by atoms with van der Waals surface area (Å²) in [6.07, 6.45) is 2.03. The van der Waals surface area contributed by atoms with Gasteiger partial charge in [0.25, 0.3) is 5.91 Å². The third kappa shape index (κ3) is 1.97. The second-order valence-electron chi connectivity index (χ2n) is 4.57. The van der Waals surface area contributed by atoms with E-state index in [1.807, 2.05) is 35.6 Å². The molecule has 4 nitrogen and oxygen atoms in total. The number of carbonyl (C=O) groups is 1. The number of carbonyl (C=O) groups excluding carboxylic acids is 1. The van der Waals surface area contributed by atoms with Crippen LogP contribution < -0.4 is 5.73 Å². The Bertz CT molecular complexity index is 397. The molecule has 0 spiro atoms. The lowest BCUT2D eigenvalue weighted by Gasteiger charge is -2.30. The van der Waals surface area contributed by atoms with Crippen LogP contribution in [-0.4, -0.2) is 34.5 Å². The molecule has 1 aliphatic heterocycles. The van der Waals surface area contributed by atoms with Gasteiger partial charge < -0.3 is 15.2 Å². The molecule has 16 heavy (non-hydrogen) atoms. The Balaban J connectivity index is 2.15. The zero-order valence-corrected chi connectivity index (χ0v) is 9.94. The Labute approximate surface area is 96.0 Å². The maximum atomic E-state index is 12.2. The largest absolute Gasteiger partial charge is 0.344 e.